The minimum Gasteiger partial charge on any atom is -0.497 e. The molecule has 0 spiro atoms. The molecule has 3 rings (SSSR count). The van der Waals surface area contributed by atoms with E-state index in [1.54, 1.807) is 53.9 Å². The topological polar surface area (TPSA) is 69.6 Å². The number of benzene rings is 2. The summed E-state index contributed by atoms with van der Waals surface area (Å²) in [4.78, 5) is 25.8. The molecule has 0 atom stereocenters. The summed E-state index contributed by atoms with van der Waals surface area (Å²) in [5.41, 5.74) is 1.15. The van der Waals surface area contributed by atoms with Crippen molar-refractivity contribution in [3.05, 3.63) is 81.7 Å². The molecule has 1 N–H and O–H groups in total. The van der Waals surface area contributed by atoms with Crippen molar-refractivity contribution in [2.75, 3.05) is 19.5 Å². The van der Waals surface area contributed by atoms with E-state index in [4.69, 9.17) is 21.1 Å². The van der Waals surface area contributed by atoms with Gasteiger partial charge in [0.1, 0.15) is 12.3 Å². The van der Waals surface area contributed by atoms with Crippen LogP contribution < -0.4 is 20.2 Å². The zero-order valence-electron chi connectivity index (χ0n) is 16.6. The van der Waals surface area contributed by atoms with Crippen molar-refractivity contribution in [3.63, 3.8) is 0 Å². The Balaban J connectivity index is 1.76. The lowest BCUT2D eigenvalue weighted by Gasteiger charge is -2.15. The molecule has 0 unspecified atom stereocenters. The summed E-state index contributed by atoms with van der Waals surface area (Å²) in [6.45, 7) is 0.0409. The number of aromatic nitrogens is 1. The highest BCUT2D eigenvalue weighted by Crippen LogP contribution is 2.24. The van der Waals surface area contributed by atoms with Crippen LogP contribution in [0.15, 0.2) is 70.5 Å². The molecule has 30 heavy (non-hydrogen) atoms. The Hall–Kier alpha value is -2.90. The second-order valence-corrected chi connectivity index (χ2v) is 7.83. The van der Waals surface area contributed by atoms with Gasteiger partial charge >= 0.3 is 0 Å². The fraction of sp³-hybridized carbons (Fsp3) is 0.182. The quantitative estimate of drug-likeness (QED) is 0.520. The van der Waals surface area contributed by atoms with Gasteiger partial charge in [-0.25, -0.2) is 0 Å². The number of ether oxygens (including phenoxy) is 2. The van der Waals surface area contributed by atoms with E-state index in [-0.39, 0.29) is 23.6 Å². The van der Waals surface area contributed by atoms with E-state index < -0.39 is 0 Å². The molecule has 0 aliphatic rings. The van der Waals surface area contributed by atoms with Crippen molar-refractivity contribution in [1.29, 1.82) is 0 Å². The summed E-state index contributed by atoms with van der Waals surface area (Å²) < 4.78 is 12.0. The molecular weight excluding hydrogens is 424 g/mol. The number of amides is 1. The first-order valence-electron chi connectivity index (χ1n) is 9.08. The average molecular weight is 445 g/mol. The van der Waals surface area contributed by atoms with Gasteiger partial charge in [0, 0.05) is 33.1 Å². The number of carbonyl (C=O) groups is 1. The zero-order valence-corrected chi connectivity index (χ0v) is 18.1. The number of carbonyl (C=O) groups excluding carboxylic acids is 1. The summed E-state index contributed by atoms with van der Waals surface area (Å²) in [6.07, 6.45) is 1.56. The van der Waals surface area contributed by atoms with Crippen LogP contribution >= 0.6 is 23.4 Å². The lowest BCUT2D eigenvalue weighted by Crippen LogP contribution is -2.22. The summed E-state index contributed by atoms with van der Waals surface area (Å²) in [7, 11) is 3.02. The number of anilines is 1. The normalized spacial score (nSPS) is 10.5. The molecule has 1 aromatic heterocycles. The molecule has 156 valence electrons. The molecule has 0 saturated carbocycles. The van der Waals surface area contributed by atoms with E-state index in [1.165, 1.54) is 13.2 Å². The molecule has 0 saturated heterocycles. The number of rotatable bonds is 8. The van der Waals surface area contributed by atoms with E-state index in [0.29, 0.717) is 27.9 Å². The standard InChI is InChI=1S/C22H21ClN2O4S/c1-28-18-7-5-16(6-8-18)24-22(27)13-25-12-21(29-2)20(26)11-17(25)14-30-19-9-3-15(23)4-10-19/h3-12H,13-14H2,1-2H3,(H,24,27). The van der Waals surface area contributed by atoms with Crippen LogP contribution in [0.4, 0.5) is 5.69 Å². The van der Waals surface area contributed by atoms with Gasteiger partial charge in [-0.2, -0.15) is 0 Å². The minimum absolute atomic E-state index is 0.0409. The maximum atomic E-state index is 12.6. The van der Waals surface area contributed by atoms with Crippen molar-refractivity contribution < 1.29 is 14.3 Å². The molecule has 1 heterocycles. The maximum Gasteiger partial charge on any atom is 0.244 e. The van der Waals surface area contributed by atoms with E-state index in [9.17, 15) is 9.59 Å². The minimum atomic E-state index is -0.226. The molecule has 2 aromatic carbocycles. The van der Waals surface area contributed by atoms with Gasteiger partial charge in [0.25, 0.3) is 0 Å². The highest BCUT2D eigenvalue weighted by Gasteiger charge is 2.12. The second kappa shape index (κ2) is 10.2. The molecule has 0 fully saturated rings. The Bertz CT molecular complexity index is 1070. The van der Waals surface area contributed by atoms with Crippen molar-refractivity contribution in [1.82, 2.24) is 4.57 Å². The third kappa shape index (κ3) is 5.81. The van der Waals surface area contributed by atoms with Crippen molar-refractivity contribution in [2.45, 2.75) is 17.2 Å². The lowest BCUT2D eigenvalue weighted by molar-refractivity contribution is -0.116. The largest absolute Gasteiger partial charge is 0.497 e. The number of pyridine rings is 1. The second-order valence-electron chi connectivity index (χ2n) is 6.34. The number of hydrogen-bond acceptors (Lipinski definition) is 5. The summed E-state index contributed by atoms with van der Waals surface area (Å²) in [5, 5.41) is 3.51. The van der Waals surface area contributed by atoms with Crippen LogP contribution in [0.1, 0.15) is 5.69 Å². The number of methoxy groups -OCH3 is 2. The molecule has 0 radical (unpaired) electrons. The van der Waals surface area contributed by atoms with Gasteiger partial charge in [0.2, 0.25) is 11.3 Å². The molecule has 0 aliphatic carbocycles. The molecule has 0 bridgehead atoms. The van der Waals surface area contributed by atoms with Gasteiger partial charge < -0.3 is 19.4 Å². The molecule has 8 heteroatoms. The lowest BCUT2D eigenvalue weighted by atomic mass is 10.3. The fourth-order valence-corrected chi connectivity index (χ4v) is 3.75. The number of nitrogens with zero attached hydrogens (tertiary/aromatic N) is 1. The first-order valence-corrected chi connectivity index (χ1v) is 10.4. The van der Waals surface area contributed by atoms with Crippen molar-refractivity contribution in [2.24, 2.45) is 0 Å². The van der Waals surface area contributed by atoms with Gasteiger partial charge in [-0.05, 0) is 48.5 Å². The fourth-order valence-electron chi connectivity index (χ4n) is 2.74. The van der Waals surface area contributed by atoms with Gasteiger partial charge in [-0.3, -0.25) is 9.59 Å². The molecule has 1 amide bonds. The Morgan fingerprint density at radius 2 is 1.77 bits per heavy atom. The SMILES string of the molecule is COc1ccc(NC(=O)Cn2cc(OC)c(=O)cc2CSc2ccc(Cl)cc2)cc1. The monoisotopic (exact) mass is 444 g/mol. The highest BCUT2D eigenvalue weighted by molar-refractivity contribution is 7.98. The smallest absolute Gasteiger partial charge is 0.244 e. The first kappa shape index (κ1) is 21.8. The third-order valence-corrected chi connectivity index (χ3v) is 5.59. The number of hydrogen-bond donors (Lipinski definition) is 1. The highest BCUT2D eigenvalue weighted by atomic mass is 35.5. The number of thioether (sulfide) groups is 1. The van der Waals surface area contributed by atoms with Gasteiger partial charge in [-0.1, -0.05) is 11.6 Å². The van der Waals surface area contributed by atoms with E-state index in [1.807, 2.05) is 24.3 Å². The van der Waals surface area contributed by atoms with Crippen LogP contribution in [0.5, 0.6) is 11.5 Å². The van der Waals surface area contributed by atoms with Crippen molar-refractivity contribution in [3.8, 4) is 11.5 Å². The van der Waals surface area contributed by atoms with E-state index in [0.717, 1.165) is 4.90 Å². The van der Waals surface area contributed by atoms with Crippen LogP contribution in [-0.2, 0) is 17.1 Å². The Morgan fingerprint density at radius 1 is 1.07 bits per heavy atom. The van der Waals surface area contributed by atoms with Gasteiger partial charge in [0.05, 0.1) is 20.4 Å². The van der Waals surface area contributed by atoms with Crippen molar-refractivity contribution >= 4 is 35.0 Å². The Kier molecular flexibility index (Phi) is 7.43. The molecule has 6 nitrogen and oxygen atoms in total. The number of halogens is 1. The van der Waals surface area contributed by atoms with E-state index >= 15 is 0 Å². The van der Waals surface area contributed by atoms with Gasteiger partial charge in [-0.15, -0.1) is 11.8 Å². The van der Waals surface area contributed by atoms with Crippen LogP contribution in [0, 0.1) is 0 Å². The summed E-state index contributed by atoms with van der Waals surface area (Å²) in [5.74, 6) is 1.19. The van der Waals surface area contributed by atoms with Gasteiger partial charge in [0.15, 0.2) is 5.75 Å². The van der Waals surface area contributed by atoms with E-state index in [2.05, 4.69) is 5.32 Å². The predicted molar refractivity (Wildman–Crippen MR) is 120 cm³/mol. The first-order chi connectivity index (χ1) is 14.5. The van der Waals surface area contributed by atoms with Crippen LogP contribution in [0.25, 0.3) is 0 Å². The predicted octanol–water partition coefficient (Wildman–Crippen LogP) is 4.45. The Labute approximate surface area is 183 Å². The Morgan fingerprint density at radius 3 is 2.40 bits per heavy atom. The summed E-state index contributed by atoms with van der Waals surface area (Å²) >= 11 is 7.48. The molecular formula is C22H21ClN2O4S. The average Bonchev–Trinajstić information content (AvgIpc) is 2.75. The van der Waals surface area contributed by atoms with Crippen LogP contribution in [0.3, 0.4) is 0 Å². The zero-order chi connectivity index (χ0) is 21.5. The van der Waals surface area contributed by atoms with Crippen LogP contribution in [0.2, 0.25) is 5.02 Å². The number of nitrogens with one attached hydrogen (secondary N) is 1. The maximum absolute atomic E-state index is 12.6. The van der Waals surface area contributed by atoms with Crippen LogP contribution in [-0.4, -0.2) is 24.7 Å². The third-order valence-electron chi connectivity index (χ3n) is 4.29. The molecule has 0 aliphatic heterocycles. The molecule has 3 aromatic rings. The summed E-state index contributed by atoms with van der Waals surface area (Å²) in [6, 6.07) is 16.0.